The highest BCUT2D eigenvalue weighted by Crippen LogP contribution is 2.24. The summed E-state index contributed by atoms with van der Waals surface area (Å²) < 4.78 is 5.25. The number of ether oxygens (including phenoxy) is 1. The molecule has 2 aromatic carbocycles. The number of carbonyl (C=O) groups is 2. The molecule has 2 unspecified atom stereocenters. The maximum Gasteiger partial charge on any atom is 0.255 e. The minimum Gasteiger partial charge on any atom is -0.497 e. The first kappa shape index (κ1) is 20.6. The van der Waals surface area contributed by atoms with E-state index in [9.17, 15) is 9.59 Å². The number of hydrogen-bond donors (Lipinski definition) is 1. The third-order valence-electron chi connectivity index (χ3n) is 4.60. The van der Waals surface area contributed by atoms with Crippen LogP contribution in [0.3, 0.4) is 0 Å². The molecule has 0 aliphatic carbocycles. The molecule has 3 rings (SSSR count). The molecule has 28 heavy (non-hydrogen) atoms. The van der Waals surface area contributed by atoms with E-state index in [4.69, 9.17) is 16.3 Å². The molecule has 2 amide bonds. The molecule has 0 bridgehead atoms. The summed E-state index contributed by atoms with van der Waals surface area (Å²) in [6.45, 7) is 1.96. The molecule has 0 aromatic heterocycles. The van der Waals surface area contributed by atoms with Gasteiger partial charge in [-0.15, -0.1) is 11.8 Å². The maximum absolute atomic E-state index is 12.8. The van der Waals surface area contributed by atoms with E-state index in [0.717, 1.165) is 11.3 Å². The van der Waals surface area contributed by atoms with Gasteiger partial charge < -0.3 is 15.0 Å². The van der Waals surface area contributed by atoms with E-state index in [2.05, 4.69) is 5.32 Å². The highest BCUT2D eigenvalue weighted by molar-refractivity contribution is 7.99. The lowest BCUT2D eigenvalue weighted by Gasteiger charge is -2.25. The molecule has 2 atom stereocenters. The van der Waals surface area contributed by atoms with Gasteiger partial charge in [0, 0.05) is 22.4 Å². The second-order valence-electron chi connectivity index (χ2n) is 6.76. The Morgan fingerprint density at radius 1 is 1.29 bits per heavy atom. The summed E-state index contributed by atoms with van der Waals surface area (Å²) >= 11 is 7.48. The Balaban J connectivity index is 1.62. The number of carbonyl (C=O) groups excluding carboxylic acids is 2. The zero-order valence-corrected chi connectivity index (χ0v) is 17.4. The zero-order valence-electron chi connectivity index (χ0n) is 15.9. The van der Waals surface area contributed by atoms with Gasteiger partial charge in [-0.1, -0.05) is 23.7 Å². The van der Waals surface area contributed by atoms with Gasteiger partial charge in [-0.05, 0) is 55.3 Å². The van der Waals surface area contributed by atoms with Gasteiger partial charge in [-0.25, -0.2) is 0 Å². The standard InChI is InChI=1S/C21H23ClN2O3S/c1-14(10-15-4-3-5-18(11-15)27-2)23-20(25)19-12-28-13-24(19)21(26)16-6-8-17(22)9-7-16/h3-9,11,14,19H,10,12-13H2,1-2H3,(H,23,25). The van der Waals surface area contributed by atoms with Crippen LogP contribution in [-0.4, -0.2) is 47.5 Å². The van der Waals surface area contributed by atoms with E-state index in [-0.39, 0.29) is 17.9 Å². The average molecular weight is 419 g/mol. The molecule has 0 spiro atoms. The first-order chi connectivity index (χ1) is 13.5. The fourth-order valence-electron chi connectivity index (χ4n) is 3.16. The molecule has 0 radical (unpaired) electrons. The van der Waals surface area contributed by atoms with Gasteiger partial charge in [0.15, 0.2) is 0 Å². The monoisotopic (exact) mass is 418 g/mol. The van der Waals surface area contributed by atoms with Gasteiger partial charge >= 0.3 is 0 Å². The van der Waals surface area contributed by atoms with Gasteiger partial charge in [0.05, 0.1) is 13.0 Å². The molecule has 1 N–H and O–H groups in total. The predicted molar refractivity (Wildman–Crippen MR) is 113 cm³/mol. The first-order valence-electron chi connectivity index (χ1n) is 9.05. The highest BCUT2D eigenvalue weighted by Gasteiger charge is 2.35. The van der Waals surface area contributed by atoms with Crippen molar-refractivity contribution >= 4 is 35.2 Å². The number of benzene rings is 2. The Labute approximate surface area is 174 Å². The number of nitrogens with zero attached hydrogens (tertiary/aromatic N) is 1. The topological polar surface area (TPSA) is 58.6 Å². The number of amides is 2. The molecule has 1 fully saturated rings. The Morgan fingerprint density at radius 2 is 2.04 bits per heavy atom. The SMILES string of the molecule is COc1cccc(CC(C)NC(=O)C2CSCN2C(=O)c2ccc(Cl)cc2)c1. The highest BCUT2D eigenvalue weighted by atomic mass is 35.5. The molecular weight excluding hydrogens is 396 g/mol. The van der Waals surface area contributed by atoms with Crippen LogP contribution < -0.4 is 10.1 Å². The Hall–Kier alpha value is -2.18. The van der Waals surface area contributed by atoms with Gasteiger partial charge in [-0.2, -0.15) is 0 Å². The van der Waals surface area contributed by atoms with Crippen molar-refractivity contribution in [2.45, 2.75) is 25.4 Å². The van der Waals surface area contributed by atoms with E-state index in [1.54, 1.807) is 48.0 Å². The summed E-state index contributed by atoms with van der Waals surface area (Å²) in [4.78, 5) is 27.2. The molecule has 1 saturated heterocycles. The van der Waals surface area contributed by atoms with Gasteiger partial charge in [0.1, 0.15) is 11.8 Å². The minimum atomic E-state index is -0.471. The summed E-state index contributed by atoms with van der Waals surface area (Å²) in [7, 11) is 1.63. The van der Waals surface area contributed by atoms with Gasteiger partial charge in [-0.3, -0.25) is 9.59 Å². The average Bonchev–Trinajstić information content (AvgIpc) is 3.18. The van der Waals surface area contributed by atoms with Crippen molar-refractivity contribution in [1.29, 1.82) is 0 Å². The zero-order chi connectivity index (χ0) is 20.1. The third-order valence-corrected chi connectivity index (χ3v) is 5.87. The largest absolute Gasteiger partial charge is 0.497 e. The third kappa shape index (κ3) is 5.00. The molecule has 7 heteroatoms. The van der Waals surface area contributed by atoms with Crippen LogP contribution in [0.1, 0.15) is 22.8 Å². The Kier molecular flexibility index (Phi) is 6.86. The van der Waals surface area contributed by atoms with Crippen molar-refractivity contribution in [3.05, 3.63) is 64.7 Å². The number of nitrogens with one attached hydrogen (secondary N) is 1. The van der Waals surface area contributed by atoms with Crippen LogP contribution in [0.15, 0.2) is 48.5 Å². The quantitative estimate of drug-likeness (QED) is 0.778. The predicted octanol–water partition coefficient (Wildman–Crippen LogP) is 3.61. The fraction of sp³-hybridized carbons (Fsp3) is 0.333. The van der Waals surface area contributed by atoms with Crippen LogP contribution in [0.25, 0.3) is 0 Å². The minimum absolute atomic E-state index is 0.0577. The van der Waals surface area contributed by atoms with E-state index in [1.807, 2.05) is 31.2 Å². The first-order valence-corrected chi connectivity index (χ1v) is 10.6. The van der Waals surface area contributed by atoms with Crippen molar-refractivity contribution < 1.29 is 14.3 Å². The number of thioether (sulfide) groups is 1. The van der Waals surface area contributed by atoms with Crippen molar-refractivity contribution in [1.82, 2.24) is 10.2 Å². The van der Waals surface area contributed by atoms with Crippen LogP contribution in [0.4, 0.5) is 0 Å². The molecule has 148 valence electrons. The summed E-state index contributed by atoms with van der Waals surface area (Å²) in [5, 5.41) is 3.62. The normalized spacial score (nSPS) is 17.2. The number of methoxy groups -OCH3 is 1. The van der Waals surface area contributed by atoms with Gasteiger partial charge in [0.25, 0.3) is 5.91 Å². The maximum atomic E-state index is 12.8. The van der Waals surface area contributed by atoms with Crippen molar-refractivity contribution in [3.63, 3.8) is 0 Å². The lowest BCUT2D eigenvalue weighted by atomic mass is 10.1. The number of rotatable bonds is 6. The van der Waals surface area contributed by atoms with E-state index in [1.165, 1.54) is 0 Å². The molecule has 1 aliphatic rings. The molecule has 2 aromatic rings. The lowest BCUT2D eigenvalue weighted by Crippen LogP contribution is -2.49. The van der Waals surface area contributed by atoms with Gasteiger partial charge in [0.2, 0.25) is 5.91 Å². The number of halogens is 1. The van der Waals surface area contributed by atoms with E-state index in [0.29, 0.717) is 28.6 Å². The Bertz CT molecular complexity index is 844. The van der Waals surface area contributed by atoms with Crippen molar-refractivity contribution in [2.24, 2.45) is 0 Å². The Morgan fingerprint density at radius 3 is 2.75 bits per heavy atom. The van der Waals surface area contributed by atoms with Crippen LogP contribution in [0.5, 0.6) is 5.75 Å². The van der Waals surface area contributed by atoms with Crippen molar-refractivity contribution in [3.8, 4) is 5.75 Å². The summed E-state index contributed by atoms with van der Waals surface area (Å²) in [6, 6.07) is 14.0. The van der Waals surface area contributed by atoms with E-state index < -0.39 is 6.04 Å². The van der Waals surface area contributed by atoms with E-state index >= 15 is 0 Å². The molecule has 0 saturated carbocycles. The summed E-state index contributed by atoms with van der Waals surface area (Å²) in [5.41, 5.74) is 1.62. The fourth-order valence-corrected chi connectivity index (χ4v) is 4.44. The smallest absolute Gasteiger partial charge is 0.255 e. The molecule has 5 nitrogen and oxygen atoms in total. The number of hydrogen-bond acceptors (Lipinski definition) is 4. The summed E-state index contributed by atoms with van der Waals surface area (Å²) in [6.07, 6.45) is 0.688. The molecule has 1 aliphatic heterocycles. The second-order valence-corrected chi connectivity index (χ2v) is 8.20. The second kappa shape index (κ2) is 9.34. The molecular formula is C21H23ClN2O3S. The van der Waals surface area contributed by atoms with Crippen molar-refractivity contribution in [2.75, 3.05) is 18.7 Å². The molecule has 1 heterocycles. The lowest BCUT2D eigenvalue weighted by molar-refractivity contribution is -0.125. The van der Waals surface area contributed by atoms with Crippen LogP contribution in [-0.2, 0) is 11.2 Å². The van der Waals surface area contributed by atoms with Crippen LogP contribution in [0.2, 0.25) is 5.02 Å². The summed E-state index contributed by atoms with van der Waals surface area (Å²) in [5.74, 6) is 1.62. The van der Waals surface area contributed by atoms with Crippen LogP contribution in [0, 0.1) is 0 Å². The van der Waals surface area contributed by atoms with Crippen LogP contribution >= 0.6 is 23.4 Å².